The predicted octanol–water partition coefficient (Wildman–Crippen LogP) is 2.56. The first kappa shape index (κ1) is 13.3. The molecule has 7 heteroatoms. The molecule has 3 unspecified atom stereocenters. The number of nitrogens with one attached hydrogen (secondary N) is 1. The van der Waals surface area contributed by atoms with Gasteiger partial charge in [0.1, 0.15) is 0 Å². The lowest BCUT2D eigenvalue weighted by Crippen LogP contribution is -2.25. The van der Waals surface area contributed by atoms with Gasteiger partial charge in [-0.2, -0.15) is 20.1 Å². The number of hydrogen-bond donors (Lipinski definition) is 1. The fraction of sp³-hybridized carbons (Fsp3) is 0.538. The van der Waals surface area contributed by atoms with E-state index in [-0.39, 0.29) is 5.28 Å². The van der Waals surface area contributed by atoms with Gasteiger partial charge >= 0.3 is 0 Å². The lowest BCUT2D eigenvalue weighted by atomic mass is 9.98. The molecule has 106 valence electrons. The van der Waals surface area contributed by atoms with Crippen LogP contribution in [0.15, 0.2) is 18.5 Å². The smallest absolute Gasteiger partial charge is 0.256 e. The van der Waals surface area contributed by atoms with E-state index in [2.05, 4.69) is 39.2 Å². The summed E-state index contributed by atoms with van der Waals surface area (Å²) >= 11 is 5.97. The van der Waals surface area contributed by atoms with Gasteiger partial charge in [-0.05, 0) is 42.3 Å². The van der Waals surface area contributed by atoms with Crippen molar-refractivity contribution in [3.8, 4) is 5.95 Å². The number of halogens is 1. The zero-order valence-electron chi connectivity index (χ0n) is 11.5. The fourth-order valence-corrected chi connectivity index (χ4v) is 2.78. The van der Waals surface area contributed by atoms with Gasteiger partial charge in [0.25, 0.3) is 5.95 Å². The van der Waals surface area contributed by atoms with Crippen LogP contribution in [0.5, 0.6) is 0 Å². The zero-order chi connectivity index (χ0) is 14.1. The van der Waals surface area contributed by atoms with Crippen LogP contribution < -0.4 is 5.32 Å². The Morgan fingerprint density at radius 2 is 2.10 bits per heavy atom. The SMILES string of the molecule is CC1CCC(Nc2nc(Cl)nc(-n3cccn3)n2)C1C. The molecule has 2 aromatic rings. The molecule has 0 bridgehead atoms. The summed E-state index contributed by atoms with van der Waals surface area (Å²) in [6.07, 6.45) is 5.80. The molecule has 1 aliphatic carbocycles. The molecule has 2 heterocycles. The van der Waals surface area contributed by atoms with Crippen LogP contribution in [0.1, 0.15) is 26.7 Å². The predicted molar refractivity (Wildman–Crippen MR) is 76.9 cm³/mol. The lowest BCUT2D eigenvalue weighted by Gasteiger charge is -2.19. The molecule has 0 amide bonds. The van der Waals surface area contributed by atoms with Crippen molar-refractivity contribution in [2.45, 2.75) is 32.7 Å². The van der Waals surface area contributed by atoms with E-state index in [9.17, 15) is 0 Å². The number of anilines is 1. The van der Waals surface area contributed by atoms with E-state index in [0.717, 1.165) is 12.3 Å². The lowest BCUT2D eigenvalue weighted by molar-refractivity contribution is 0.434. The van der Waals surface area contributed by atoms with Gasteiger partial charge in [0.15, 0.2) is 0 Å². The highest BCUT2D eigenvalue weighted by atomic mass is 35.5. The third kappa shape index (κ3) is 2.60. The Labute approximate surface area is 122 Å². The van der Waals surface area contributed by atoms with Gasteiger partial charge in [-0.25, -0.2) is 4.68 Å². The summed E-state index contributed by atoms with van der Waals surface area (Å²) in [5.74, 6) is 2.26. The summed E-state index contributed by atoms with van der Waals surface area (Å²) < 4.78 is 1.57. The Morgan fingerprint density at radius 1 is 1.25 bits per heavy atom. The third-order valence-corrected chi connectivity index (χ3v) is 4.25. The van der Waals surface area contributed by atoms with Crippen molar-refractivity contribution in [2.75, 3.05) is 5.32 Å². The van der Waals surface area contributed by atoms with Crippen molar-refractivity contribution >= 4 is 17.5 Å². The minimum absolute atomic E-state index is 0.173. The van der Waals surface area contributed by atoms with Crippen molar-refractivity contribution in [3.63, 3.8) is 0 Å². The van der Waals surface area contributed by atoms with E-state index in [4.69, 9.17) is 11.6 Å². The van der Waals surface area contributed by atoms with Crippen LogP contribution in [0.3, 0.4) is 0 Å². The number of aromatic nitrogens is 5. The molecule has 0 aromatic carbocycles. The normalized spacial score (nSPS) is 25.9. The summed E-state index contributed by atoms with van der Waals surface area (Å²) in [4.78, 5) is 12.6. The molecule has 3 rings (SSSR count). The number of rotatable bonds is 3. The maximum atomic E-state index is 5.97. The molecule has 1 saturated carbocycles. The second-order valence-electron chi connectivity index (χ2n) is 5.34. The molecule has 1 N–H and O–H groups in total. The summed E-state index contributed by atoms with van der Waals surface area (Å²) in [6, 6.07) is 2.19. The van der Waals surface area contributed by atoms with Gasteiger partial charge in [0, 0.05) is 18.4 Å². The van der Waals surface area contributed by atoms with E-state index < -0.39 is 0 Å². The molecule has 1 aliphatic rings. The maximum absolute atomic E-state index is 5.97. The molecule has 0 spiro atoms. The summed E-state index contributed by atoms with van der Waals surface area (Å²) in [5.41, 5.74) is 0. The van der Waals surface area contributed by atoms with Crippen molar-refractivity contribution in [1.82, 2.24) is 24.7 Å². The van der Waals surface area contributed by atoms with E-state index in [1.165, 1.54) is 6.42 Å². The molecule has 0 saturated heterocycles. The summed E-state index contributed by atoms with van der Waals surface area (Å²) in [5, 5.41) is 7.65. The topological polar surface area (TPSA) is 68.5 Å². The fourth-order valence-electron chi connectivity index (χ4n) is 2.63. The molecule has 6 nitrogen and oxygen atoms in total. The van der Waals surface area contributed by atoms with Crippen LogP contribution >= 0.6 is 11.6 Å². The Hall–Kier alpha value is -1.69. The van der Waals surface area contributed by atoms with Crippen molar-refractivity contribution in [3.05, 3.63) is 23.7 Å². The monoisotopic (exact) mass is 292 g/mol. The average molecular weight is 293 g/mol. The van der Waals surface area contributed by atoms with Gasteiger partial charge in [-0.1, -0.05) is 13.8 Å². The summed E-state index contributed by atoms with van der Waals surface area (Å²) in [7, 11) is 0. The summed E-state index contributed by atoms with van der Waals surface area (Å²) in [6.45, 7) is 4.54. The van der Waals surface area contributed by atoms with E-state index in [0.29, 0.717) is 23.9 Å². The second kappa shape index (κ2) is 5.36. The minimum Gasteiger partial charge on any atom is -0.351 e. The maximum Gasteiger partial charge on any atom is 0.256 e. The zero-order valence-corrected chi connectivity index (χ0v) is 12.2. The molecule has 1 fully saturated rings. The highest BCUT2D eigenvalue weighted by Gasteiger charge is 2.30. The molecule has 2 aromatic heterocycles. The Kier molecular flexibility index (Phi) is 3.56. The standard InChI is InChI=1S/C13H17ClN6/c1-8-4-5-10(9(8)2)16-12-17-11(14)18-13(19-12)20-7-3-6-15-20/h3,6-10H,4-5H2,1-2H3,(H,16,17,18,19). The molecule has 0 aliphatic heterocycles. The van der Waals surface area contributed by atoms with Crippen LogP contribution in [-0.2, 0) is 0 Å². The minimum atomic E-state index is 0.173. The van der Waals surface area contributed by atoms with Crippen molar-refractivity contribution in [2.24, 2.45) is 11.8 Å². The first-order valence-corrected chi connectivity index (χ1v) is 7.19. The van der Waals surface area contributed by atoms with Gasteiger partial charge < -0.3 is 5.32 Å². The molecular formula is C13H17ClN6. The van der Waals surface area contributed by atoms with Crippen LogP contribution in [-0.4, -0.2) is 30.8 Å². The highest BCUT2D eigenvalue weighted by Crippen LogP contribution is 2.32. The van der Waals surface area contributed by atoms with Gasteiger partial charge in [0.05, 0.1) is 0 Å². The average Bonchev–Trinajstić information content (AvgIpc) is 3.04. The van der Waals surface area contributed by atoms with Gasteiger partial charge in [-0.15, -0.1) is 0 Å². The molecular weight excluding hydrogens is 276 g/mol. The van der Waals surface area contributed by atoms with E-state index in [1.807, 2.05) is 6.07 Å². The van der Waals surface area contributed by atoms with Crippen LogP contribution in [0.25, 0.3) is 5.95 Å². The van der Waals surface area contributed by atoms with E-state index >= 15 is 0 Å². The first-order valence-electron chi connectivity index (χ1n) is 6.81. The largest absolute Gasteiger partial charge is 0.351 e. The van der Waals surface area contributed by atoms with E-state index in [1.54, 1.807) is 17.1 Å². The molecule has 20 heavy (non-hydrogen) atoms. The van der Waals surface area contributed by atoms with Gasteiger partial charge in [0.2, 0.25) is 11.2 Å². The molecule has 0 radical (unpaired) electrons. The Morgan fingerprint density at radius 3 is 2.75 bits per heavy atom. The first-order chi connectivity index (χ1) is 9.63. The van der Waals surface area contributed by atoms with Crippen LogP contribution in [0, 0.1) is 11.8 Å². The third-order valence-electron chi connectivity index (χ3n) is 4.09. The number of hydrogen-bond acceptors (Lipinski definition) is 5. The second-order valence-corrected chi connectivity index (χ2v) is 5.68. The highest BCUT2D eigenvalue weighted by molar-refractivity contribution is 6.28. The number of nitrogens with zero attached hydrogens (tertiary/aromatic N) is 5. The Bertz CT molecular complexity index is 585. The van der Waals surface area contributed by atoms with Crippen LogP contribution in [0.4, 0.5) is 5.95 Å². The Balaban J connectivity index is 1.83. The molecule has 3 atom stereocenters. The van der Waals surface area contributed by atoms with Crippen molar-refractivity contribution in [1.29, 1.82) is 0 Å². The van der Waals surface area contributed by atoms with Gasteiger partial charge in [-0.3, -0.25) is 0 Å². The quantitative estimate of drug-likeness (QED) is 0.941. The van der Waals surface area contributed by atoms with Crippen molar-refractivity contribution < 1.29 is 0 Å². The van der Waals surface area contributed by atoms with Crippen LogP contribution in [0.2, 0.25) is 5.28 Å².